The number of aromatic nitrogens is 1. The molecule has 0 amide bonds. The minimum absolute atomic E-state index is 0.00912. The molecule has 1 aromatic heterocycles. The number of benzene rings is 2. The average molecular weight is 390 g/mol. The molecule has 0 unspecified atom stereocenters. The Morgan fingerprint density at radius 1 is 1.07 bits per heavy atom. The largest absolute Gasteiger partial charge is 0.496 e. The number of hydrogen-bond acceptors (Lipinski definition) is 5. The van der Waals surface area contributed by atoms with Crippen molar-refractivity contribution in [3.63, 3.8) is 0 Å². The molecule has 5 heteroatoms. The predicted octanol–water partition coefficient (Wildman–Crippen LogP) is 5.22. The third kappa shape index (κ3) is 2.68. The summed E-state index contributed by atoms with van der Waals surface area (Å²) >= 11 is 1.88. The summed E-state index contributed by atoms with van der Waals surface area (Å²) in [5.41, 5.74) is 2.33. The number of amidine groups is 1. The van der Waals surface area contributed by atoms with Crippen LogP contribution in [0.3, 0.4) is 0 Å². The monoisotopic (exact) mass is 389 g/mol. The Morgan fingerprint density at radius 3 is 2.64 bits per heavy atom. The maximum atomic E-state index is 5.63. The van der Waals surface area contributed by atoms with Gasteiger partial charge in [-0.15, -0.1) is 0 Å². The lowest BCUT2D eigenvalue weighted by Gasteiger charge is -2.32. The molecule has 0 bridgehead atoms. The van der Waals surface area contributed by atoms with Crippen LogP contribution >= 0.6 is 11.8 Å². The highest BCUT2D eigenvalue weighted by atomic mass is 32.2. The first-order valence-corrected chi connectivity index (χ1v) is 10.8. The van der Waals surface area contributed by atoms with E-state index in [1.807, 2.05) is 24.0 Å². The lowest BCUT2D eigenvalue weighted by Crippen LogP contribution is -2.35. The smallest absolute Gasteiger partial charge is 0.160 e. The fraction of sp³-hybridized carbons (Fsp3) is 0.304. The van der Waals surface area contributed by atoms with Gasteiger partial charge >= 0.3 is 0 Å². The second kappa shape index (κ2) is 7.13. The maximum absolute atomic E-state index is 5.63. The van der Waals surface area contributed by atoms with Crippen molar-refractivity contribution in [2.45, 2.75) is 31.5 Å². The van der Waals surface area contributed by atoms with E-state index in [0.717, 1.165) is 34.2 Å². The van der Waals surface area contributed by atoms with Crippen LogP contribution in [0.1, 0.15) is 36.7 Å². The van der Waals surface area contributed by atoms with Gasteiger partial charge in [-0.2, -0.15) is 0 Å². The molecular formula is C23H23N3OS. The molecular weight excluding hydrogens is 366 g/mol. The third-order valence-electron chi connectivity index (χ3n) is 5.79. The van der Waals surface area contributed by atoms with Crippen LogP contribution in [0.4, 0.5) is 0 Å². The standard InChI is InChI=1S/C23H23N3OS/c1-3-15-14-28-23-25-21(19-10-6-7-13-24-19)22(26(15)23)18-11-12-20(27-2)17-9-5-4-8-16(17)18/h4-13,15,21-22H,3,14H2,1-2H3/t15-,21+,22+/m0/s1. The zero-order valence-corrected chi connectivity index (χ0v) is 16.9. The maximum Gasteiger partial charge on any atom is 0.160 e. The van der Waals surface area contributed by atoms with Gasteiger partial charge in [-0.3, -0.25) is 9.98 Å². The van der Waals surface area contributed by atoms with Crippen LogP contribution in [-0.2, 0) is 0 Å². The highest BCUT2D eigenvalue weighted by Crippen LogP contribution is 2.50. The van der Waals surface area contributed by atoms with Gasteiger partial charge in [0.15, 0.2) is 5.17 Å². The predicted molar refractivity (Wildman–Crippen MR) is 116 cm³/mol. The zero-order chi connectivity index (χ0) is 19.1. The van der Waals surface area contributed by atoms with E-state index in [4.69, 9.17) is 9.73 Å². The quantitative estimate of drug-likeness (QED) is 0.613. The van der Waals surface area contributed by atoms with Crippen molar-refractivity contribution in [3.05, 3.63) is 72.1 Å². The Balaban J connectivity index is 1.71. The molecule has 1 saturated heterocycles. The number of thioether (sulfide) groups is 1. The van der Waals surface area contributed by atoms with Crippen molar-refractivity contribution < 1.29 is 4.74 Å². The topological polar surface area (TPSA) is 37.7 Å². The zero-order valence-electron chi connectivity index (χ0n) is 16.1. The van der Waals surface area contributed by atoms with Gasteiger partial charge in [-0.05, 0) is 35.6 Å². The lowest BCUT2D eigenvalue weighted by molar-refractivity contribution is 0.256. The number of methoxy groups -OCH3 is 1. The molecule has 0 radical (unpaired) electrons. The van der Waals surface area contributed by atoms with Crippen molar-refractivity contribution in [1.82, 2.24) is 9.88 Å². The molecule has 3 heterocycles. The van der Waals surface area contributed by atoms with Crippen molar-refractivity contribution in [2.75, 3.05) is 12.9 Å². The molecule has 0 spiro atoms. The summed E-state index contributed by atoms with van der Waals surface area (Å²) in [5, 5.41) is 3.54. The minimum atomic E-state index is 0.00912. The molecule has 3 atom stereocenters. The van der Waals surface area contributed by atoms with E-state index < -0.39 is 0 Å². The highest BCUT2D eigenvalue weighted by Gasteiger charge is 2.45. The third-order valence-corrected chi connectivity index (χ3v) is 6.91. The second-order valence-electron chi connectivity index (χ2n) is 7.24. The van der Waals surface area contributed by atoms with Crippen LogP contribution in [0.15, 0.2) is 65.8 Å². The van der Waals surface area contributed by atoms with Crippen molar-refractivity contribution in [3.8, 4) is 5.75 Å². The van der Waals surface area contributed by atoms with Crippen LogP contribution in [0.5, 0.6) is 5.75 Å². The Hall–Kier alpha value is -2.53. The SMILES string of the molecule is CC[C@H]1CSC2=N[C@H](c3ccccn3)[C@@H](c3ccc(OC)c4ccccc34)N21. The van der Waals surface area contributed by atoms with Gasteiger partial charge in [0, 0.05) is 23.4 Å². The Labute approximate surface area is 169 Å². The summed E-state index contributed by atoms with van der Waals surface area (Å²) in [5.74, 6) is 2.02. The van der Waals surface area contributed by atoms with Crippen LogP contribution in [0.2, 0.25) is 0 Å². The fourth-order valence-electron chi connectivity index (χ4n) is 4.42. The van der Waals surface area contributed by atoms with Crippen molar-refractivity contribution in [2.24, 2.45) is 4.99 Å². The summed E-state index contributed by atoms with van der Waals surface area (Å²) in [6.45, 7) is 2.27. The molecule has 3 aromatic rings. The average Bonchev–Trinajstić information content (AvgIpc) is 3.33. The number of pyridine rings is 1. The van der Waals surface area contributed by atoms with E-state index in [1.165, 1.54) is 10.9 Å². The van der Waals surface area contributed by atoms with E-state index in [1.54, 1.807) is 7.11 Å². The van der Waals surface area contributed by atoms with Crippen LogP contribution in [0, 0.1) is 0 Å². The number of hydrogen-bond donors (Lipinski definition) is 0. The van der Waals surface area contributed by atoms with Crippen LogP contribution in [0.25, 0.3) is 10.8 Å². The van der Waals surface area contributed by atoms with Gasteiger partial charge in [0.2, 0.25) is 0 Å². The van der Waals surface area contributed by atoms with Crippen LogP contribution in [-0.4, -0.2) is 34.0 Å². The summed E-state index contributed by atoms with van der Waals surface area (Å²) in [6.07, 6.45) is 2.98. The first kappa shape index (κ1) is 17.6. The molecule has 0 aliphatic carbocycles. The minimum Gasteiger partial charge on any atom is -0.496 e. The molecule has 1 fully saturated rings. The molecule has 2 aliphatic heterocycles. The molecule has 0 N–H and O–H groups in total. The van der Waals surface area contributed by atoms with E-state index >= 15 is 0 Å². The molecule has 142 valence electrons. The summed E-state index contributed by atoms with van der Waals surface area (Å²) in [7, 11) is 1.74. The van der Waals surface area contributed by atoms with Crippen molar-refractivity contribution >= 4 is 27.7 Å². The molecule has 5 rings (SSSR count). The van der Waals surface area contributed by atoms with Crippen molar-refractivity contribution in [1.29, 1.82) is 0 Å². The first-order chi connectivity index (χ1) is 13.8. The number of nitrogens with zero attached hydrogens (tertiary/aromatic N) is 3. The van der Waals surface area contributed by atoms with E-state index in [0.29, 0.717) is 6.04 Å². The van der Waals surface area contributed by atoms with Crippen LogP contribution < -0.4 is 4.74 Å². The van der Waals surface area contributed by atoms with Gasteiger partial charge in [0.1, 0.15) is 11.8 Å². The van der Waals surface area contributed by atoms with Gasteiger partial charge in [-0.25, -0.2) is 0 Å². The lowest BCUT2D eigenvalue weighted by atomic mass is 9.91. The van der Waals surface area contributed by atoms with E-state index in [9.17, 15) is 0 Å². The molecule has 4 nitrogen and oxygen atoms in total. The van der Waals surface area contributed by atoms with E-state index in [2.05, 4.69) is 65.3 Å². The van der Waals surface area contributed by atoms with Gasteiger partial charge < -0.3 is 9.64 Å². The summed E-state index contributed by atoms with van der Waals surface area (Å²) in [4.78, 5) is 12.3. The normalized spacial score (nSPS) is 23.7. The number of rotatable bonds is 4. The number of aliphatic imine (C=N–C) groups is 1. The van der Waals surface area contributed by atoms with Gasteiger partial charge in [0.05, 0.1) is 18.8 Å². The highest BCUT2D eigenvalue weighted by molar-refractivity contribution is 8.14. The molecule has 2 aromatic carbocycles. The second-order valence-corrected chi connectivity index (χ2v) is 8.23. The summed E-state index contributed by atoms with van der Waals surface area (Å²) in [6, 6.07) is 19.6. The molecule has 2 aliphatic rings. The fourth-order valence-corrected chi connectivity index (χ4v) is 5.75. The number of ether oxygens (including phenoxy) is 1. The summed E-state index contributed by atoms with van der Waals surface area (Å²) < 4.78 is 5.63. The molecule has 0 saturated carbocycles. The molecule has 28 heavy (non-hydrogen) atoms. The van der Waals surface area contributed by atoms with Gasteiger partial charge in [-0.1, -0.05) is 55.1 Å². The van der Waals surface area contributed by atoms with Gasteiger partial charge in [0.25, 0.3) is 0 Å². The Bertz CT molecular complexity index is 1040. The Morgan fingerprint density at radius 2 is 1.89 bits per heavy atom. The first-order valence-electron chi connectivity index (χ1n) is 9.77. The number of fused-ring (bicyclic) bond motifs is 2. The Kier molecular flexibility index (Phi) is 4.47. The van der Waals surface area contributed by atoms with E-state index in [-0.39, 0.29) is 12.1 Å².